The van der Waals surface area contributed by atoms with Crippen LogP contribution in [0.3, 0.4) is 0 Å². The third kappa shape index (κ3) is 10.1. The summed E-state index contributed by atoms with van der Waals surface area (Å²) >= 11 is 4.46. The third-order valence-electron chi connectivity index (χ3n) is 7.96. The van der Waals surface area contributed by atoms with Crippen molar-refractivity contribution < 1.29 is 27.9 Å². The lowest BCUT2D eigenvalue weighted by Crippen LogP contribution is -2.42. The Morgan fingerprint density at radius 3 is 2.33 bits per heavy atom. The number of amides is 3. The number of rotatable bonds is 15. The van der Waals surface area contributed by atoms with Gasteiger partial charge in [-0.25, -0.2) is 13.1 Å². The van der Waals surface area contributed by atoms with Crippen molar-refractivity contribution in [3.63, 3.8) is 0 Å². The number of carbonyl (C=O) groups is 3. The molecule has 0 heterocycles. The molecule has 0 radical (unpaired) electrons. The van der Waals surface area contributed by atoms with Crippen molar-refractivity contribution >= 4 is 40.4 Å². The topological polar surface area (TPSA) is 133 Å². The predicted molar refractivity (Wildman–Crippen MR) is 171 cm³/mol. The first-order valence-corrected chi connectivity index (χ1v) is 17.3. The summed E-state index contributed by atoms with van der Waals surface area (Å²) in [4.78, 5) is 39.6. The molecule has 43 heavy (non-hydrogen) atoms. The highest BCUT2D eigenvalue weighted by molar-refractivity contribution is 7.90. The molecule has 3 rings (SSSR count). The lowest BCUT2D eigenvalue weighted by atomic mass is 9.80. The molecule has 0 aliphatic heterocycles. The van der Waals surface area contributed by atoms with Crippen LogP contribution in [0.4, 0.5) is 0 Å². The van der Waals surface area contributed by atoms with E-state index in [9.17, 15) is 27.9 Å². The second-order valence-electron chi connectivity index (χ2n) is 11.2. The van der Waals surface area contributed by atoms with Crippen LogP contribution in [-0.2, 0) is 31.0 Å². The van der Waals surface area contributed by atoms with Crippen LogP contribution in [0.15, 0.2) is 53.4 Å². The predicted octanol–water partition coefficient (Wildman–Crippen LogP) is 4.30. The Balaban J connectivity index is 1.71. The second-order valence-corrected chi connectivity index (χ2v) is 13.3. The molecule has 0 bridgehead atoms. The normalized spacial score (nSPS) is 15.3. The molecule has 236 valence electrons. The third-order valence-corrected chi connectivity index (χ3v) is 9.76. The summed E-state index contributed by atoms with van der Waals surface area (Å²) in [6, 6.07) is 13.5. The lowest BCUT2D eigenvalue weighted by molar-refractivity contribution is -0.133. The van der Waals surface area contributed by atoms with E-state index in [1.54, 1.807) is 35.2 Å². The quantitative estimate of drug-likeness (QED) is 0.217. The Kier molecular flexibility index (Phi) is 13.5. The maximum Gasteiger partial charge on any atom is 0.264 e. The number of benzene rings is 2. The zero-order chi connectivity index (χ0) is 31.4. The number of sulfonamides is 1. The fourth-order valence-corrected chi connectivity index (χ4v) is 7.17. The highest BCUT2D eigenvalue weighted by Crippen LogP contribution is 2.31. The van der Waals surface area contributed by atoms with Gasteiger partial charge in [0.15, 0.2) is 0 Å². The van der Waals surface area contributed by atoms with Gasteiger partial charge in [0.2, 0.25) is 11.8 Å². The highest BCUT2D eigenvalue weighted by Gasteiger charge is 2.28. The number of thiol groups is 1. The van der Waals surface area contributed by atoms with Crippen molar-refractivity contribution in [1.82, 2.24) is 14.9 Å². The van der Waals surface area contributed by atoms with Crippen LogP contribution in [-0.4, -0.2) is 61.1 Å². The molecular formula is C32H45N3O6S2. The highest BCUT2D eigenvalue weighted by atomic mass is 32.2. The van der Waals surface area contributed by atoms with E-state index >= 15 is 0 Å². The van der Waals surface area contributed by atoms with Gasteiger partial charge in [0, 0.05) is 43.3 Å². The Bertz CT molecular complexity index is 1320. The van der Waals surface area contributed by atoms with Crippen LogP contribution in [0.1, 0.15) is 70.8 Å². The van der Waals surface area contributed by atoms with Crippen molar-refractivity contribution in [3.8, 4) is 11.1 Å². The molecule has 1 aliphatic carbocycles. The van der Waals surface area contributed by atoms with Gasteiger partial charge in [-0.05, 0) is 49.3 Å². The van der Waals surface area contributed by atoms with Crippen molar-refractivity contribution in [2.45, 2.75) is 82.8 Å². The average molecular weight is 632 g/mol. The van der Waals surface area contributed by atoms with Gasteiger partial charge >= 0.3 is 0 Å². The number of carbonyl (C=O) groups excluding carboxylic acids is 3. The van der Waals surface area contributed by atoms with Crippen LogP contribution in [0, 0.1) is 11.8 Å². The summed E-state index contributed by atoms with van der Waals surface area (Å²) < 4.78 is 27.7. The van der Waals surface area contributed by atoms with Gasteiger partial charge in [0.1, 0.15) is 6.10 Å². The molecule has 1 saturated carbocycles. The molecule has 2 atom stereocenters. The molecule has 11 heteroatoms. The average Bonchev–Trinajstić information content (AvgIpc) is 3.00. The van der Waals surface area contributed by atoms with Crippen molar-refractivity contribution in [3.05, 3.63) is 54.1 Å². The van der Waals surface area contributed by atoms with Crippen LogP contribution < -0.4 is 10.0 Å². The lowest BCUT2D eigenvalue weighted by Gasteiger charge is -2.29. The zero-order valence-electron chi connectivity index (χ0n) is 25.1. The van der Waals surface area contributed by atoms with E-state index in [1.165, 1.54) is 19.4 Å². The number of hydrogen-bond acceptors (Lipinski definition) is 7. The molecule has 0 spiro atoms. The first-order chi connectivity index (χ1) is 20.6. The van der Waals surface area contributed by atoms with Gasteiger partial charge in [-0.1, -0.05) is 75.1 Å². The Hall–Kier alpha value is -2.89. The minimum Gasteiger partial charge on any atom is -0.384 e. The van der Waals surface area contributed by atoms with Crippen molar-refractivity contribution in [2.24, 2.45) is 11.8 Å². The van der Waals surface area contributed by atoms with E-state index in [0.29, 0.717) is 48.9 Å². The minimum absolute atomic E-state index is 0.00506. The molecule has 3 N–H and O–H groups in total. The first-order valence-electron chi connectivity index (χ1n) is 15.2. The van der Waals surface area contributed by atoms with E-state index in [-0.39, 0.29) is 22.6 Å². The first kappa shape index (κ1) is 34.6. The Labute approximate surface area is 261 Å². The van der Waals surface area contributed by atoms with Gasteiger partial charge in [0.25, 0.3) is 15.9 Å². The Morgan fingerprint density at radius 1 is 1.02 bits per heavy atom. The van der Waals surface area contributed by atoms with Crippen molar-refractivity contribution in [2.75, 3.05) is 18.8 Å². The van der Waals surface area contributed by atoms with E-state index in [0.717, 1.165) is 44.1 Å². The smallest absolute Gasteiger partial charge is 0.264 e. The number of hydrogen-bond donors (Lipinski definition) is 4. The maximum absolute atomic E-state index is 13.1. The zero-order valence-corrected chi connectivity index (χ0v) is 26.8. The van der Waals surface area contributed by atoms with E-state index in [4.69, 9.17) is 0 Å². The standard InChI is InChI=1S/C32H45N3O6S2/c1-3-4-14-30(37)35(20-19-33-32(39)28(22-42)25-10-6-5-7-11-25)21-24-15-17-26(18-16-24)27-12-8-9-13-29(27)43(40,41)34-31(38)23(2)36/h8-9,12-13,15-18,23,25,28,36,42H,3-7,10-11,14,19-22H2,1-2H3,(H,33,39)(H,34,38)/t23-,28-/m0/s1. The SMILES string of the molecule is CCCCC(=O)N(CCNC(=O)[C@@H](CS)C1CCCCC1)Cc1ccc(-c2ccccc2S(=O)(=O)NC(=O)[C@H](C)O)cc1. The van der Waals surface area contributed by atoms with E-state index in [2.05, 4.69) is 17.9 Å². The number of aliphatic hydroxyl groups is 1. The van der Waals surface area contributed by atoms with Gasteiger partial charge in [-0.15, -0.1) is 0 Å². The van der Waals surface area contributed by atoms with Crippen LogP contribution in [0.2, 0.25) is 0 Å². The molecule has 0 saturated heterocycles. The summed E-state index contributed by atoms with van der Waals surface area (Å²) in [5.41, 5.74) is 1.87. The molecule has 1 fully saturated rings. The van der Waals surface area contributed by atoms with Crippen LogP contribution in [0.25, 0.3) is 11.1 Å². The monoisotopic (exact) mass is 631 g/mol. The van der Waals surface area contributed by atoms with Crippen LogP contribution in [0.5, 0.6) is 0 Å². The summed E-state index contributed by atoms with van der Waals surface area (Å²) in [5, 5.41) is 12.5. The van der Waals surface area contributed by atoms with E-state index in [1.807, 2.05) is 23.8 Å². The fourth-order valence-electron chi connectivity index (χ4n) is 5.43. The molecule has 1 aliphatic rings. The number of nitrogens with one attached hydrogen (secondary N) is 2. The second kappa shape index (κ2) is 16.8. The molecular weight excluding hydrogens is 587 g/mol. The maximum atomic E-state index is 13.1. The Morgan fingerprint density at radius 2 is 1.70 bits per heavy atom. The molecule has 2 aromatic rings. The van der Waals surface area contributed by atoms with E-state index < -0.39 is 22.0 Å². The summed E-state index contributed by atoms with van der Waals surface area (Å²) in [7, 11) is -4.22. The minimum atomic E-state index is -4.22. The van der Waals surface area contributed by atoms with Crippen LogP contribution >= 0.6 is 12.6 Å². The van der Waals surface area contributed by atoms with Gasteiger partial charge in [-0.3, -0.25) is 14.4 Å². The summed E-state index contributed by atoms with van der Waals surface area (Å²) in [6.07, 6.45) is 6.28. The molecule has 0 aromatic heterocycles. The number of aliphatic hydroxyl groups excluding tert-OH is 1. The van der Waals surface area contributed by atoms with Crippen molar-refractivity contribution in [1.29, 1.82) is 0 Å². The van der Waals surface area contributed by atoms with Gasteiger partial charge in [0.05, 0.1) is 4.90 Å². The number of unbranched alkanes of at least 4 members (excludes halogenated alkanes) is 1. The summed E-state index contributed by atoms with van der Waals surface area (Å²) in [5.74, 6) is -0.230. The van der Waals surface area contributed by atoms with Gasteiger partial charge < -0.3 is 15.3 Å². The molecule has 0 unspecified atom stereocenters. The van der Waals surface area contributed by atoms with Gasteiger partial charge in [-0.2, -0.15) is 12.6 Å². The number of nitrogens with zero attached hydrogens (tertiary/aromatic N) is 1. The molecule has 9 nitrogen and oxygen atoms in total. The fraction of sp³-hybridized carbons (Fsp3) is 0.531. The molecule has 2 aromatic carbocycles. The summed E-state index contributed by atoms with van der Waals surface area (Å²) in [6.45, 7) is 4.31. The molecule has 3 amide bonds. The largest absolute Gasteiger partial charge is 0.384 e.